The zero-order valence-electron chi connectivity index (χ0n) is 8.90. The first-order valence-electron chi connectivity index (χ1n) is 4.85. The number of aryl methyl sites for hydroxylation is 1. The Balaban J connectivity index is 2.16. The Morgan fingerprint density at radius 3 is 3.20 bits per heavy atom. The van der Waals surface area contributed by atoms with E-state index in [1.807, 2.05) is 18.3 Å². The molecular weight excluding hydrogens is 208 g/mol. The van der Waals surface area contributed by atoms with Crippen molar-refractivity contribution in [3.05, 3.63) is 23.9 Å². The summed E-state index contributed by atoms with van der Waals surface area (Å²) >= 11 is 1.81. The quantitative estimate of drug-likeness (QED) is 0.801. The van der Waals surface area contributed by atoms with Gasteiger partial charge in [-0.25, -0.2) is 4.52 Å². The lowest BCUT2D eigenvalue weighted by Gasteiger charge is -1.97. The minimum absolute atomic E-state index is 0.703. The van der Waals surface area contributed by atoms with E-state index in [-0.39, 0.29) is 0 Å². The minimum atomic E-state index is 0.703. The maximum atomic E-state index is 4.38. The highest BCUT2D eigenvalue weighted by atomic mass is 32.2. The molecule has 80 valence electrons. The number of nitrogens with zero attached hydrogens (tertiary/aromatic N) is 3. The van der Waals surface area contributed by atoms with Crippen LogP contribution in [0.4, 0.5) is 5.95 Å². The summed E-state index contributed by atoms with van der Waals surface area (Å²) in [6.07, 6.45) is 4.01. The first-order valence-corrected chi connectivity index (χ1v) is 6.25. The number of fused-ring (bicyclic) bond motifs is 1. The van der Waals surface area contributed by atoms with Crippen LogP contribution in [0.5, 0.6) is 0 Å². The van der Waals surface area contributed by atoms with Crippen molar-refractivity contribution in [2.75, 3.05) is 23.9 Å². The molecule has 0 aliphatic carbocycles. The third-order valence-corrected chi connectivity index (χ3v) is 2.69. The van der Waals surface area contributed by atoms with Gasteiger partial charge in [0.25, 0.3) is 0 Å². The van der Waals surface area contributed by atoms with Gasteiger partial charge in [-0.1, -0.05) is 0 Å². The number of hydrogen-bond donors (Lipinski definition) is 1. The molecule has 0 unspecified atom stereocenters. The van der Waals surface area contributed by atoms with Crippen LogP contribution in [0.15, 0.2) is 18.3 Å². The Bertz CT molecular complexity index is 452. The summed E-state index contributed by atoms with van der Waals surface area (Å²) in [6, 6.07) is 4.04. The first-order chi connectivity index (χ1) is 7.29. The number of aromatic nitrogens is 3. The molecule has 0 bridgehead atoms. The van der Waals surface area contributed by atoms with Crippen molar-refractivity contribution in [3.8, 4) is 0 Å². The molecule has 0 aliphatic rings. The number of nitrogens with one attached hydrogen (secondary N) is 1. The molecule has 0 atom stereocenters. The van der Waals surface area contributed by atoms with Gasteiger partial charge < -0.3 is 5.32 Å². The van der Waals surface area contributed by atoms with E-state index in [1.165, 1.54) is 5.56 Å². The number of hydrogen-bond acceptors (Lipinski definition) is 4. The Kier molecular flexibility index (Phi) is 3.11. The summed E-state index contributed by atoms with van der Waals surface area (Å²) in [5.41, 5.74) is 2.09. The van der Waals surface area contributed by atoms with Crippen LogP contribution in [-0.4, -0.2) is 33.2 Å². The van der Waals surface area contributed by atoms with Gasteiger partial charge in [-0.05, 0) is 30.9 Å². The molecule has 0 spiro atoms. The monoisotopic (exact) mass is 222 g/mol. The molecule has 2 aromatic heterocycles. The summed E-state index contributed by atoms with van der Waals surface area (Å²) in [5, 5.41) is 7.50. The topological polar surface area (TPSA) is 42.2 Å². The van der Waals surface area contributed by atoms with Crippen LogP contribution >= 0.6 is 11.8 Å². The van der Waals surface area contributed by atoms with Crippen molar-refractivity contribution >= 4 is 23.4 Å². The average molecular weight is 222 g/mol. The summed E-state index contributed by atoms with van der Waals surface area (Å²) in [4.78, 5) is 4.38. The highest BCUT2D eigenvalue weighted by Crippen LogP contribution is 2.07. The van der Waals surface area contributed by atoms with Crippen LogP contribution in [0.2, 0.25) is 0 Å². The predicted molar refractivity (Wildman–Crippen MR) is 64.6 cm³/mol. The van der Waals surface area contributed by atoms with Crippen molar-refractivity contribution in [1.82, 2.24) is 14.6 Å². The van der Waals surface area contributed by atoms with E-state index in [4.69, 9.17) is 0 Å². The van der Waals surface area contributed by atoms with E-state index in [0.29, 0.717) is 5.95 Å². The largest absolute Gasteiger partial charge is 0.352 e. The van der Waals surface area contributed by atoms with E-state index in [0.717, 1.165) is 17.9 Å². The van der Waals surface area contributed by atoms with Crippen molar-refractivity contribution < 1.29 is 0 Å². The van der Waals surface area contributed by atoms with E-state index in [1.54, 1.807) is 16.3 Å². The summed E-state index contributed by atoms with van der Waals surface area (Å²) in [5.74, 6) is 1.77. The summed E-state index contributed by atoms with van der Waals surface area (Å²) < 4.78 is 1.79. The standard InChI is InChI=1S/C10H14N4S/c1-8-3-5-14-9(7-8)12-10(13-14)11-4-6-15-2/h3,5,7H,4,6H2,1-2H3,(H,11,13). The van der Waals surface area contributed by atoms with E-state index in [9.17, 15) is 0 Å². The molecule has 5 heteroatoms. The molecule has 2 heterocycles. The molecule has 0 fully saturated rings. The normalized spacial score (nSPS) is 10.8. The fourth-order valence-electron chi connectivity index (χ4n) is 1.32. The molecule has 0 aliphatic heterocycles. The van der Waals surface area contributed by atoms with Gasteiger partial charge in [0.1, 0.15) is 0 Å². The lowest BCUT2D eigenvalue weighted by Crippen LogP contribution is -2.05. The van der Waals surface area contributed by atoms with Crippen LogP contribution in [0.3, 0.4) is 0 Å². The minimum Gasteiger partial charge on any atom is -0.352 e. The van der Waals surface area contributed by atoms with Crippen LogP contribution in [-0.2, 0) is 0 Å². The average Bonchev–Trinajstić information content (AvgIpc) is 2.60. The third kappa shape index (κ3) is 2.41. The van der Waals surface area contributed by atoms with Gasteiger partial charge in [0.2, 0.25) is 5.95 Å². The summed E-state index contributed by atoms with van der Waals surface area (Å²) in [7, 11) is 0. The molecule has 15 heavy (non-hydrogen) atoms. The second-order valence-corrected chi connectivity index (χ2v) is 4.35. The Morgan fingerprint density at radius 2 is 2.40 bits per heavy atom. The SMILES string of the molecule is CSCCNc1nc2cc(C)ccn2n1. The zero-order chi connectivity index (χ0) is 10.7. The number of pyridine rings is 1. The molecule has 2 aromatic rings. The second-order valence-electron chi connectivity index (χ2n) is 3.36. The van der Waals surface area contributed by atoms with Gasteiger partial charge in [-0.2, -0.15) is 16.7 Å². The third-order valence-electron chi connectivity index (χ3n) is 2.08. The van der Waals surface area contributed by atoms with Crippen LogP contribution in [0.25, 0.3) is 5.65 Å². The van der Waals surface area contributed by atoms with Crippen molar-refractivity contribution in [1.29, 1.82) is 0 Å². The maximum Gasteiger partial charge on any atom is 0.243 e. The van der Waals surface area contributed by atoms with Gasteiger partial charge >= 0.3 is 0 Å². The van der Waals surface area contributed by atoms with E-state index >= 15 is 0 Å². The number of anilines is 1. The molecule has 0 saturated heterocycles. The fourth-order valence-corrected chi connectivity index (χ4v) is 1.63. The zero-order valence-corrected chi connectivity index (χ0v) is 9.71. The van der Waals surface area contributed by atoms with Crippen LogP contribution < -0.4 is 5.32 Å². The number of thioether (sulfide) groups is 1. The molecular formula is C10H14N4S. The van der Waals surface area contributed by atoms with Gasteiger partial charge in [0.05, 0.1) is 0 Å². The van der Waals surface area contributed by atoms with Crippen molar-refractivity contribution in [2.45, 2.75) is 6.92 Å². The smallest absolute Gasteiger partial charge is 0.243 e. The van der Waals surface area contributed by atoms with E-state index in [2.05, 4.69) is 28.6 Å². The molecule has 4 nitrogen and oxygen atoms in total. The molecule has 1 N–H and O–H groups in total. The Hall–Kier alpha value is -1.23. The Labute approximate surface area is 93.1 Å². The lowest BCUT2D eigenvalue weighted by atomic mass is 10.3. The van der Waals surface area contributed by atoms with E-state index < -0.39 is 0 Å². The first kappa shape index (κ1) is 10.3. The van der Waals surface area contributed by atoms with Gasteiger partial charge in [0, 0.05) is 18.5 Å². The fraction of sp³-hybridized carbons (Fsp3) is 0.400. The maximum absolute atomic E-state index is 4.38. The molecule has 2 rings (SSSR count). The molecule has 0 aromatic carbocycles. The van der Waals surface area contributed by atoms with Gasteiger partial charge in [-0.3, -0.25) is 0 Å². The predicted octanol–water partition coefficient (Wildman–Crippen LogP) is 1.81. The van der Waals surface area contributed by atoms with Gasteiger partial charge in [-0.15, -0.1) is 5.10 Å². The summed E-state index contributed by atoms with van der Waals surface area (Å²) in [6.45, 7) is 2.95. The lowest BCUT2D eigenvalue weighted by molar-refractivity contribution is 0.953. The second kappa shape index (κ2) is 4.53. The highest BCUT2D eigenvalue weighted by Gasteiger charge is 2.01. The molecule has 0 radical (unpaired) electrons. The Morgan fingerprint density at radius 1 is 1.53 bits per heavy atom. The molecule has 0 amide bonds. The van der Waals surface area contributed by atoms with Crippen LogP contribution in [0, 0.1) is 6.92 Å². The number of rotatable bonds is 4. The van der Waals surface area contributed by atoms with Crippen LogP contribution in [0.1, 0.15) is 5.56 Å². The highest BCUT2D eigenvalue weighted by molar-refractivity contribution is 7.98. The van der Waals surface area contributed by atoms with Crippen molar-refractivity contribution in [3.63, 3.8) is 0 Å². The molecule has 0 saturated carbocycles. The van der Waals surface area contributed by atoms with Gasteiger partial charge in [0.15, 0.2) is 5.65 Å². The van der Waals surface area contributed by atoms with Crippen molar-refractivity contribution in [2.24, 2.45) is 0 Å².